The minimum Gasteiger partial charge on any atom is -0.497 e. The number of nitrogens with zero attached hydrogens (tertiary/aromatic N) is 3. The summed E-state index contributed by atoms with van der Waals surface area (Å²) in [4.78, 5) is 36.5. The molecular weight excluding hydrogens is 492 g/mol. The van der Waals surface area contributed by atoms with Crippen molar-refractivity contribution in [3.05, 3.63) is 95.4 Å². The van der Waals surface area contributed by atoms with E-state index < -0.39 is 11.4 Å². The van der Waals surface area contributed by atoms with Crippen LogP contribution in [0.15, 0.2) is 73.1 Å². The van der Waals surface area contributed by atoms with Gasteiger partial charge >= 0.3 is 0 Å². The summed E-state index contributed by atoms with van der Waals surface area (Å²) < 4.78 is 5.19. The van der Waals surface area contributed by atoms with E-state index in [1.54, 1.807) is 43.5 Å². The Hall–Kier alpha value is -4.34. The molecule has 0 aliphatic carbocycles. The molecule has 9 heteroatoms. The van der Waals surface area contributed by atoms with Gasteiger partial charge in [-0.25, -0.2) is 9.97 Å². The lowest BCUT2D eigenvalue weighted by atomic mass is 9.82. The average molecular weight is 525 g/mol. The zero-order valence-electron chi connectivity index (χ0n) is 21.9. The number of likely N-dealkylation sites (tertiary alicyclic amines) is 1. The zero-order valence-corrected chi connectivity index (χ0v) is 21.9. The number of primary amides is 1. The molecular formula is C30H32N6O3. The third-order valence-electron chi connectivity index (χ3n) is 7.36. The number of carbonyl (C=O) groups is 2. The lowest BCUT2D eigenvalue weighted by molar-refractivity contribution is 0.0998. The van der Waals surface area contributed by atoms with Gasteiger partial charge in [-0.05, 0) is 80.4 Å². The summed E-state index contributed by atoms with van der Waals surface area (Å²) in [5.74, 6) is -0.128. The van der Waals surface area contributed by atoms with Crippen molar-refractivity contribution in [3.63, 3.8) is 0 Å². The lowest BCUT2D eigenvalue weighted by Crippen LogP contribution is -2.42. The van der Waals surface area contributed by atoms with Crippen molar-refractivity contribution in [3.8, 4) is 5.75 Å². The van der Waals surface area contributed by atoms with Gasteiger partial charge in [-0.2, -0.15) is 0 Å². The standard InChI is InChI=1S/C30H32N6O3/c1-39-23-12-10-20(11-13-23)29(38)35-22-7-4-6-21(18-22)30(32,14-17-36-15-2-3-16-36)27-24-8-5-9-25(28(31)37)26(24)33-19-34-27/h4-13,18-19H,2-3,14-17,32H2,1H3,(H2,31,37)(H,35,38). The summed E-state index contributed by atoms with van der Waals surface area (Å²) in [5.41, 5.74) is 15.2. The molecule has 0 radical (unpaired) electrons. The van der Waals surface area contributed by atoms with E-state index in [9.17, 15) is 9.59 Å². The van der Waals surface area contributed by atoms with Crippen molar-refractivity contribution in [2.45, 2.75) is 24.8 Å². The number of para-hydroxylation sites is 1. The number of hydrogen-bond acceptors (Lipinski definition) is 7. The first-order valence-electron chi connectivity index (χ1n) is 13.0. The van der Waals surface area contributed by atoms with E-state index in [1.165, 1.54) is 19.2 Å². The highest BCUT2D eigenvalue weighted by atomic mass is 16.5. The molecule has 1 aliphatic rings. The fraction of sp³-hybridized carbons (Fsp3) is 0.267. The molecule has 9 nitrogen and oxygen atoms in total. The van der Waals surface area contributed by atoms with Gasteiger partial charge in [0.2, 0.25) is 0 Å². The van der Waals surface area contributed by atoms with Crippen molar-refractivity contribution in [2.75, 3.05) is 32.1 Å². The van der Waals surface area contributed by atoms with Gasteiger partial charge in [0.05, 0.1) is 29.4 Å². The van der Waals surface area contributed by atoms with Crippen molar-refractivity contribution in [2.24, 2.45) is 11.5 Å². The Morgan fingerprint density at radius 3 is 2.49 bits per heavy atom. The van der Waals surface area contributed by atoms with Crippen LogP contribution in [0.2, 0.25) is 0 Å². The van der Waals surface area contributed by atoms with Crippen molar-refractivity contribution in [1.29, 1.82) is 0 Å². The van der Waals surface area contributed by atoms with E-state index >= 15 is 0 Å². The molecule has 5 rings (SSSR count). The number of rotatable bonds is 9. The lowest BCUT2D eigenvalue weighted by Gasteiger charge is -2.32. The Kier molecular flexibility index (Phi) is 7.53. The van der Waals surface area contributed by atoms with Gasteiger partial charge in [0.25, 0.3) is 11.8 Å². The number of hydrogen-bond donors (Lipinski definition) is 3. The normalized spacial score (nSPS) is 15.1. The zero-order chi connectivity index (χ0) is 27.4. The molecule has 2 amide bonds. The second-order valence-corrected chi connectivity index (χ2v) is 9.82. The fourth-order valence-corrected chi connectivity index (χ4v) is 5.20. The van der Waals surface area contributed by atoms with Crippen LogP contribution >= 0.6 is 0 Å². The summed E-state index contributed by atoms with van der Waals surface area (Å²) in [6, 6.07) is 19.7. The van der Waals surface area contributed by atoms with E-state index in [-0.39, 0.29) is 5.91 Å². The summed E-state index contributed by atoms with van der Waals surface area (Å²) in [6.07, 6.45) is 4.35. The molecule has 1 aromatic heterocycles. The number of nitrogens with one attached hydrogen (secondary N) is 1. The van der Waals surface area contributed by atoms with E-state index in [1.807, 2.05) is 30.3 Å². The van der Waals surface area contributed by atoms with Crippen LogP contribution in [0.1, 0.15) is 51.2 Å². The van der Waals surface area contributed by atoms with Crippen LogP contribution in [-0.4, -0.2) is 53.4 Å². The molecule has 0 bridgehead atoms. The molecule has 39 heavy (non-hydrogen) atoms. The number of amides is 2. The van der Waals surface area contributed by atoms with Crippen molar-refractivity contribution >= 4 is 28.4 Å². The molecule has 1 aliphatic heterocycles. The number of aromatic nitrogens is 2. The van der Waals surface area contributed by atoms with Gasteiger partial charge in [0, 0.05) is 23.2 Å². The molecule has 0 saturated carbocycles. The number of benzene rings is 3. The Morgan fingerprint density at radius 2 is 1.77 bits per heavy atom. The molecule has 5 N–H and O–H groups in total. The predicted octanol–water partition coefficient (Wildman–Crippen LogP) is 3.68. The molecule has 1 saturated heterocycles. The Labute approximate surface area is 227 Å². The number of methoxy groups -OCH3 is 1. The highest BCUT2D eigenvalue weighted by molar-refractivity contribution is 6.05. The Balaban J connectivity index is 1.54. The highest BCUT2D eigenvalue weighted by Crippen LogP contribution is 2.35. The smallest absolute Gasteiger partial charge is 0.255 e. The largest absolute Gasteiger partial charge is 0.497 e. The first-order valence-corrected chi connectivity index (χ1v) is 13.0. The van der Waals surface area contributed by atoms with Crippen LogP contribution < -0.4 is 21.5 Å². The van der Waals surface area contributed by atoms with Gasteiger partial charge in [-0.15, -0.1) is 0 Å². The maximum absolute atomic E-state index is 13.0. The van der Waals surface area contributed by atoms with Gasteiger partial charge in [0.1, 0.15) is 12.1 Å². The van der Waals surface area contributed by atoms with Crippen molar-refractivity contribution < 1.29 is 14.3 Å². The molecule has 1 unspecified atom stereocenters. The van der Waals surface area contributed by atoms with Crippen molar-refractivity contribution in [1.82, 2.24) is 14.9 Å². The van der Waals surface area contributed by atoms with Crippen LogP contribution in [0.4, 0.5) is 5.69 Å². The molecule has 200 valence electrons. The van der Waals surface area contributed by atoms with E-state index in [4.69, 9.17) is 16.2 Å². The summed E-state index contributed by atoms with van der Waals surface area (Å²) >= 11 is 0. The Morgan fingerprint density at radius 1 is 1.03 bits per heavy atom. The monoisotopic (exact) mass is 524 g/mol. The molecule has 0 spiro atoms. The molecule has 3 aromatic carbocycles. The second-order valence-electron chi connectivity index (χ2n) is 9.82. The SMILES string of the molecule is COc1ccc(C(=O)Nc2cccc(C(N)(CCN3CCCC3)c3ncnc4c(C(N)=O)cccc34)c2)cc1. The Bertz CT molecular complexity index is 1500. The van der Waals surface area contributed by atoms with Gasteiger partial charge in [0.15, 0.2) is 0 Å². The molecule has 4 aromatic rings. The topological polar surface area (TPSA) is 136 Å². The third-order valence-corrected chi connectivity index (χ3v) is 7.36. The summed E-state index contributed by atoms with van der Waals surface area (Å²) in [5, 5.41) is 3.65. The number of nitrogens with two attached hydrogens (primary N) is 2. The quantitative estimate of drug-likeness (QED) is 0.304. The maximum atomic E-state index is 13.0. The van der Waals surface area contributed by atoms with E-state index in [2.05, 4.69) is 20.2 Å². The minimum absolute atomic E-state index is 0.243. The number of carbonyl (C=O) groups excluding carboxylic acids is 2. The van der Waals surface area contributed by atoms with Crippen LogP contribution in [0.5, 0.6) is 5.75 Å². The number of fused-ring (bicyclic) bond motifs is 1. The average Bonchev–Trinajstić information content (AvgIpc) is 3.49. The first kappa shape index (κ1) is 26.3. The van der Waals surface area contributed by atoms with Crippen LogP contribution in [0.25, 0.3) is 10.9 Å². The van der Waals surface area contributed by atoms with Crippen LogP contribution in [0.3, 0.4) is 0 Å². The second kappa shape index (κ2) is 11.2. The maximum Gasteiger partial charge on any atom is 0.255 e. The summed E-state index contributed by atoms with van der Waals surface area (Å²) in [7, 11) is 1.58. The minimum atomic E-state index is -1.03. The van der Waals surface area contributed by atoms with E-state index in [0.717, 1.165) is 25.2 Å². The molecule has 2 heterocycles. The predicted molar refractivity (Wildman–Crippen MR) is 151 cm³/mol. The first-order chi connectivity index (χ1) is 18.9. The van der Waals surface area contributed by atoms with E-state index in [0.29, 0.717) is 45.6 Å². The van der Waals surface area contributed by atoms with Crippen LogP contribution in [-0.2, 0) is 5.54 Å². The van der Waals surface area contributed by atoms with Gasteiger partial charge in [-0.1, -0.05) is 24.3 Å². The van der Waals surface area contributed by atoms with Gasteiger partial charge < -0.3 is 26.4 Å². The number of anilines is 1. The third kappa shape index (κ3) is 5.45. The molecule has 1 atom stereocenters. The number of ether oxygens (including phenoxy) is 1. The summed E-state index contributed by atoms with van der Waals surface area (Å²) in [6.45, 7) is 2.84. The molecule has 1 fully saturated rings. The highest BCUT2D eigenvalue weighted by Gasteiger charge is 2.34. The van der Waals surface area contributed by atoms with Gasteiger partial charge in [-0.3, -0.25) is 9.59 Å². The fourth-order valence-electron chi connectivity index (χ4n) is 5.20. The van der Waals surface area contributed by atoms with Crippen LogP contribution in [0, 0.1) is 0 Å².